The first-order valence-electron chi connectivity index (χ1n) is 11.6. The first-order valence-corrected chi connectivity index (χ1v) is 11.6. The molecule has 8 nitrogen and oxygen atoms in total. The normalized spacial score (nSPS) is 11.9. The molecule has 4 aromatic rings. The van der Waals surface area contributed by atoms with Crippen LogP contribution in [0.4, 0.5) is 0 Å². The predicted molar refractivity (Wildman–Crippen MR) is 136 cm³/mol. The molecule has 0 saturated carbocycles. The Balaban J connectivity index is 1.59. The highest BCUT2D eigenvalue weighted by atomic mass is 16.6. The fourth-order valence-electron chi connectivity index (χ4n) is 3.99. The smallest absolute Gasteiger partial charge is 0.310 e. The molecule has 0 amide bonds. The molecule has 4 rings (SSSR count). The lowest BCUT2D eigenvalue weighted by Gasteiger charge is -2.15. The molecule has 2 aromatic heterocycles. The van der Waals surface area contributed by atoms with E-state index < -0.39 is 0 Å². The van der Waals surface area contributed by atoms with E-state index in [4.69, 9.17) is 29.1 Å². The van der Waals surface area contributed by atoms with Gasteiger partial charge >= 0.3 is 5.97 Å². The molecule has 0 fully saturated rings. The monoisotopic (exact) mass is 490 g/mol. The van der Waals surface area contributed by atoms with Gasteiger partial charge in [-0.25, -0.2) is 0 Å². The zero-order valence-electron chi connectivity index (χ0n) is 20.7. The van der Waals surface area contributed by atoms with Crippen molar-refractivity contribution in [3.8, 4) is 22.6 Å². The second-order valence-corrected chi connectivity index (χ2v) is 8.42. The summed E-state index contributed by atoms with van der Waals surface area (Å²) in [6.45, 7) is 2.75. The van der Waals surface area contributed by atoms with Crippen molar-refractivity contribution in [3.63, 3.8) is 0 Å². The number of furan rings is 1. The van der Waals surface area contributed by atoms with Gasteiger partial charge in [-0.05, 0) is 54.4 Å². The number of carbonyl (C=O) groups is 1. The van der Waals surface area contributed by atoms with Crippen molar-refractivity contribution in [2.45, 2.75) is 32.6 Å². The second kappa shape index (κ2) is 11.7. The number of pyridine rings is 1. The topological polar surface area (TPSA) is 106 Å². The molecular formula is C28H30N2O6. The van der Waals surface area contributed by atoms with E-state index in [-0.39, 0.29) is 25.1 Å². The van der Waals surface area contributed by atoms with E-state index in [1.165, 1.54) is 0 Å². The third-order valence-corrected chi connectivity index (χ3v) is 5.69. The molecule has 0 aliphatic carbocycles. The molecule has 2 N–H and O–H groups in total. The van der Waals surface area contributed by atoms with E-state index >= 15 is 0 Å². The van der Waals surface area contributed by atoms with Gasteiger partial charge in [0.05, 0.1) is 32.1 Å². The number of benzene rings is 2. The number of fused-ring (bicyclic) bond motifs is 1. The maximum atomic E-state index is 12.5. The highest BCUT2D eigenvalue weighted by Crippen LogP contribution is 2.32. The summed E-state index contributed by atoms with van der Waals surface area (Å²) in [4.78, 5) is 16.8. The van der Waals surface area contributed by atoms with Crippen molar-refractivity contribution in [1.82, 2.24) is 4.98 Å². The lowest BCUT2D eigenvalue weighted by atomic mass is 10.0. The fourth-order valence-corrected chi connectivity index (χ4v) is 3.99. The largest absolute Gasteiger partial charge is 0.497 e. The Morgan fingerprint density at radius 1 is 1.11 bits per heavy atom. The van der Waals surface area contributed by atoms with Crippen LogP contribution in [0.2, 0.25) is 0 Å². The number of nitrogens with two attached hydrogens (primary N) is 1. The average Bonchev–Trinajstić information content (AvgIpc) is 3.36. The van der Waals surface area contributed by atoms with Crippen LogP contribution in [0.1, 0.15) is 23.7 Å². The standard InChI is InChI=1S/C28H30N2O6/c1-18(16-32-2)36-27(31)13-21-4-5-24(33-3)14-26(21)35-17-19-10-22-7-9-34-28(22)25(11-19)20-6-8-30-23(12-20)15-29/h4-12,14,18H,13,15-17,29H2,1-3H3. The van der Waals surface area contributed by atoms with Crippen LogP contribution < -0.4 is 15.2 Å². The maximum Gasteiger partial charge on any atom is 0.310 e. The molecule has 0 radical (unpaired) electrons. The molecular weight excluding hydrogens is 460 g/mol. The van der Waals surface area contributed by atoms with Crippen LogP contribution in [-0.2, 0) is 33.8 Å². The molecule has 0 aliphatic heterocycles. The van der Waals surface area contributed by atoms with Gasteiger partial charge < -0.3 is 29.1 Å². The van der Waals surface area contributed by atoms with Crippen molar-refractivity contribution < 1.29 is 28.2 Å². The van der Waals surface area contributed by atoms with Crippen LogP contribution in [-0.4, -0.2) is 37.9 Å². The van der Waals surface area contributed by atoms with E-state index in [0.717, 1.165) is 33.4 Å². The van der Waals surface area contributed by atoms with Crippen molar-refractivity contribution in [2.75, 3.05) is 20.8 Å². The minimum Gasteiger partial charge on any atom is -0.497 e. The summed E-state index contributed by atoms with van der Waals surface area (Å²) < 4.78 is 27.8. The van der Waals surface area contributed by atoms with Gasteiger partial charge in [0.2, 0.25) is 0 Å². The number of hydrogen-bond donors (Lipinski definition) is 1. The lowest BCUT2D eigenvalue weighted by Crippen LogP contribution is -2.21. The number of hydrogen-bond acceptors (Lipinski definition) is 8. The van der Waals surface area contributed by atoms with Gasteiger partial charge in [0.1, 0.15) is 29.8 Å². The van der Waals surface area contributed by atoms with Gasteiger partial charge in [0, 0.05) is 42.4 Å². The number of nitrogens with zero attached hydrogens (tertiary/aromatic N) is 1. The van der Waals surface area contributed by atoms with Crippen LogP contribution in [0.25, 0.3) is 22.1 Å². The lowest BCUT2D eigenvalue weighted by molar-refractivity contribution is -0.149. The minimum atomic E-state index is -0.356. The summed E-state index contributed by atoms with van der Waals surface area (Å²) >= 11 is 0. The summed E-state index contributed by atoms with van der Waals surface area (Å²) in [6, 6.07) is 15.2. The summed E-state index contributed by atoms with van der Waals surface area (Å²) in [5.41, 5.74) is 10.9. The van der Waals surface area contributed by atoms with Crippen LogP contribution in [0, 0.1) is 0 Å². The van der Waals surface area contributed by atoms with Gasteiger partial charge in [0.25, 0.3) is 0 Å². The number of methoxy groups -OCH3 is 2. The molecule has 36 heavy (non-hydrogen) atoms. The van der Waals surface area contributed by atoms with E-state index in [1.807, 2.05) is 36.4 Å². The Hall–Kier alpha value is -3.88. The van der Waals surface area contributed by atoms with Gasteiger partial charge in [-0.15, -0.1) is 0 Å². The van der Waals surface area contributed by atoms with Crippen molar-refractivity contribution in [2.24, 2.45) is 5.73 Å². The van der Waals surface area contributed by atoms with Crippen molar-refractivity contribution in [3.05, 3.63) is 77.8 Å². The van der Waals surface area contributed by atoms with Crippen LogP contribution in [0.3, 0.4) is 0 Å². The number of carbonyl (C=O) groups excluding carboxylic acids is 1. The van der Waals surface area contributed by atoms with Crippen LogP contribution >= 0.6 is 0 Å². The molecule has 1 unspecified atom stereocenters. The molecule has 8 heteroatoms. The number of esters is 1. The van der Waals surface area contributed by atoms with Gasteiger partial charge in [0.15, 0.2) is 0 Å². The molecule has 0 saturated heterocycles. The summed E-state index contributed by atoms with van der Waals surface area (Å²) in [5.74, 6) is 0.825. The first kappa shape index (κ1) is 25.2. The third kappa shape index (κ3) is 6.02. The van der Waals surface area contributed by atoms with Crippen LogP contribution in [0.15, 0.2) is 65.4 Å². The molecule has 0 spiro atoms. The van der Waals surface area contributed by atoms with Gasteiger partial charge in [-0.2, -0.15) is 0 Å². The van der Waals surface area contributed by atoms with Crippen LogP contribution in [0.5, 0.6) is 11.5 Å². The zero-order valence-corrected chi connectivity index (χ0v) is 20.7. The van der Waals surface area contributed by atoms with E-state index in [1.54, 1.807) is 45.7 Å². The Morgan fingerprint density at radius 2 is 1.97 bits per heavy atom. The molecule has 0 aliphatic rings. The highest BCUT2D eigenvalue weighted by Gasteiger charge is 2.16. The molecule has 0 bridgehead atoms. The highest BCUT2D eigenvalue weighted by molar-refractivity contribution is 5.93. The Bertz CT molecular complexity index is 1330. The van der Waals surface area contributed by atoms with Crippen molar-refractivity contribution in [1.29, 1.82) is 0 Å². The summed E-state index contributed by atoms with van der Waals surface area (Å²) in [7, 11) is 3.15. The molecule has 2 heterocycles. The SMILES string of the molecule is COCC(C)OC(=O)Cc1ccc(OC)cc1OCc1cc(-c2ccnc(CN)c2)c2occc2c1. The average molecular weight is 491 g/mol. The summed E-state index contributed by atoms with van der Waals surface area (Å²) in [5, 5.41) is 0.957. The summed E-state index contributed by atoms with van der Waals surface area (Å²) in [6.07, 6.45) is 3.14. The van der Waals surface area contributed by atoms with E-state index in [2.05, 4.69) is 4.98 Å². The maximum absolute atomic E-state index is 12.5. The molecule has 2 aromatic carbocycles. The quantitative estimate of drug-likeness (QED) is 0.303. The number of ether oxygens (including phenoxy) is 4. The first-order chi connectivity index (χ1) is 17.5. The minimum absolute atomic E-state index is 0.0677. The predicted octanol–water partition coefficient (Wildman–Crippen LogP) is 4.66. The van der Waals surface area contributed by atoms with Crippen molar-refractivity contribution >= 4 is 16.9 Å². The van der Waals surface area contributed by atoms with E-state index in [0.29, 0.717) is 30.2 Å². The third-order valence-electron chi connectivity index (χ3n) is 5.69. The fraction of sp³-hybridized carbons (Fsp3) is 0.286. The van der Waals surface area contributed by atoms with Gasteiger partial charge in [-0.3, -0.25) is 9.78 Å². The Labute approximate surface area is 209 Å². The van der Waals surface area contributed by atoms with Gasteiger partial charge in [-0.1, -0.05) is 6.07 Å². The Morgan fingerprint density at radius 3 is 2.75 bits per heavy atom. The number of aromatic nitrogens is 1. The molecule has 1 atom stereocenters. The second-order valence-electron chi connectivity index (χ2n) is 8.42. The Kier molecular flexibility index (Phi) is 8.20. The zero-order chi connectivity index (χ0) is 25.5. The number of rotatable bonds is 11. The van der Waals surface area contributed by atoms with E-state index in [9.17, 15) is 4.79 Å². The molecule has 188 valence electrons.